The van der Waals surface area contributed by atoms with E-state index in [1.807, 2.05) is 0 Å². The summed E-state index contributed by atoms with van der Waals surface area (Å²) in [4.78, 5) is 22.5. The average molecular weight is 178 g/mol. The number of aryl methyl sites for hydroxylation is 1. The normalized spacial score (nSPS) is 9.54. The van der Waals surface area contributed by atoms with E-state index in [2.05, 4.69) is 5.92 Å². The SMILES string of the molecule is C#CCCn1c(=O)ccn(C)c1=O. The van der Waals surface area contributed by atoms with E-state index in [1.54, 1.807) is 7.05 Å². The Morgan fingerprint density at radius 2 is 2.23 bits per heavy atom. The molecule has 1 aromatic heterocycles. The highest BCUT2D eigenvalue weighted by Crippen LogP contribution is 1.79. The monoisotopic (exact) mass is 178 g/mol. The molecule has 1 heterocycles. The molecule has 1 rings (SSSR count). The van der Waals surface area contributed by atoms with E-state index in [9.17, 15) is 9.59 Å². The summed E-state index contributed by atoms with van der Waals surface area (Å²) in [6.07, 6.45) is 6.87. The number of terminal acetylenes is 1. The van der Waals surface area contributed by atoms with E-state index < -0.39 is 0 Å². The van der Waals surface area contributed by atoms with Gasteiger partial charge in [0.05, 0.1) is 0 Å². The van der Waals surface area contributed by atoms with E-state index in [-0.39, 0.29) is 17.8 Å². The predicted molar refractivity (Wildman–Crippen MR) is 49.4 cm³/mol. The molecule has 0 spiro atoms. The molecule has 0 amide bonds. The first kappa shape index (κ1) is 9.33. The summed E-state index contributed by atoms with van der Waals surface area (Å²) in [5.74, 6) is 2.38. The third kappa shape index (κ3) is 1.88. The van der Waals surface area contributed by atoms with Crippen LogP contribution in [0.4, 0.5) is 0 Å². The van der Waals surface area contributed by atoms with Gasteiger partial charge in [-0.25, -0.2) is 4.79 Å². The second-order valence-corrected chi connectivity index (χ2v) is 2.65. The second-order valence-electron chi connectivity index (χ2n) is 2.65. The van der Waals surface area contributed by atoms with Crippen molar-refractivity contribution in [3.63, 3.8) is 0 Å². The van der Waals surface area contributed by atoms with Crippen molar-refractivity contribution in [1.29, 1.82) is 0 Å². The quantitative estimate of drug-likeness (QED) is 0.577. The van der Waals surface area contributed by atoms with E-state index in [0.29, 0.717) is 6.42 Å². The maximum Gasteiger partial charge on any atom is 0.330 e. The van der Waals surface area contributed by atoms with Gasteiger partial charge in [-0.1, -0.05) is 0 Å². The van der Waals surface area contributed by atoms with E-state index in [0.717, 1.165) is 4.57 Å². The standard InChI is InChI=1S/C9H10N2O2/c1-3-4-6-11-8(12)5-7-10(2)9(11)13/h1,5,7H,4,6H2,2H3. The Kier molecular flexibility index (Phi) is 2.70. The molecule has 1 aromatic rings. The Bertz CT molecular complexity index is 448. The van der Waals surface area contributed by atoms with Gasteiger partial charge < -0.3 is 4.57 Å². The van der Waals surface area contributed by atoms with Gasteiger partial charge >= 0.3 is 5.69 Å². The van der Waals surface area contributed by atoms with Crippen LogP contribution in [-0.4, -0.2) is 9.13 Å². The third-order valence-corrected chi connectivity index (χ3v) is 1.72. The van der Waals surface area contributed by atoms with Gasteiger partial charge in [0.2, 0.25) is 0 Å². The fraction of sp³-hybridized carbons (Fsp3) is 0.333. The van der Waals surface area contributed by atoms with Crippen LogP contribution in [0.1, 0.15) is 6.42 Å². The number of hydrogen-bond donors (Lipinski definition) is 0. The molecule has 0 radical (unpaired) electrons. The minimum absolute atomic E-state index is 0.281. The minimum atomic E-state index is -0.331. The van der Waals surface area contributed by atoms with Gasteiger partial charge in [-0.05, 0) is 0 Å². The molecule has 0 saturated heterocycles. The Labute approximate surface area is 75.4 Å². The number of nitrogens with zero attached hydrogens (tertiary/aromatic N) is 2. The number of hydrogen-bond acceptors (Lipinski definition) is 2. The molecule has 0 bridgehead atoms. The van der Waals surface area contributed by atoms with Crippen LogP contribution in [0, 0.1) is 12.3 Å². The topological polar surface area (TPSA) is 44.0 Å². The largest absolute Gasteiger partial charge is 0.330 e. The van der Waals surface area contributed by atoms with Gasteiger partial charge in [0.1, 0.15) is 0 Å². The van der Waals surface area contributed by atoms with Crippen molar-refractivity contribution in [3.05, 3.63) is 33.1 Å². The fourth-order valence-electron chi connectivity index (χ4n) is 0.996. The summed E-state index contributed by atoms with van der Waals surface area (Å²) in [6, 6.07) is 1.35. The van der Waals surface area contributed by atoms with Crippen molar-refractivity contribution in [1.82, 2.24) is 9.13 Å². The van der Waals surface area contributed by atoms with E-state index >= 15 is 0 Å². The van der Waals surface area contributed by atoms with Gasteiger partial charge in [-0.15, -0.1) is 12.3 Å². The zero-order valence-corrected chi connectivity index (χ0v) is 7.36. The van der Waals surface area contributed by atoms with Crippen molar-refractivity contribution in [2.45, 2.75) is 13.0 Å². The molecule has 4 heteroatoms. The van der Waals surface area contributed by atoms with Crippen molar-refractivity contribution >= 4 is 0 Å². The first-order chi connectivity index (χ1) is 6.16. The molecule has 0 aliphatic heterocycles. The van der Waals surface area contributed by atoms with Crippen LogP contribution in [0.25, 0.3) is 0 Å². The number of aromatic nitrogens is 2. The van der Waals surface area contributed by atoms with Crippen molar-refractivity contribution < 1.29 is 0 Å². The van der Waals surface area contributed by atoms with E-state index in [4.69, 9.17) is 6.42 Å². The Balaban J connectivity index is 3.20. The molecule has 0 saturated carbocycles. The first-order valence-corrected chi connectivity index (χ1v) is 3.86. The third-order valence-electron chi connectivity index (χ3n) is 1.72. The lowest BCUT2D eigenvalue weighted by atomic mass is 10.4. The number of rotatable bonds is 2. The van der Waals surface area contributed by atoms with Gasteiger partial charge in [0, 0.05) is 32.3 Å². The van der Waals surface area contributed by atoms with Crippen LogP contribution in [-0.2, 0) is 13.6 Å². The van der Waals surface area contributed by atoms with Gasteiger partial charge in [-0.2, -0.15) is 0 Å². The summed E-state index contributed by atoms with van der Waals surface area (Å²) in [5, 5.41) is 0. The molecule has 68 valence electrons. The summed E-state index contributed by atoms with van der Waals surface area (Å²) >= 11 is 0. The highest BCUT2D eigenvalue weighted by molar-refractivity contribution is 4.88. The smallest absolute Gasteiger partial charge is 0.303 e. The van der Waals surface area contributed by atoms with Crippen molar-refractivity contribution in [2.24, 2.45) is 7.05 Å². The maximum absolute atomic E-state index is 11.4. The summed E-state index contributed by atoms with van der Waals surface area (Å²) in [6.45, 7) is 0.281. The zero-order chi connectivity index (χ0) is 9.84. The van der Waals surface area contributed by atoms with Crippen LogP contribution in [0.15, 0.2) is 21.9 Å². The molecule has 0 atom stereocenters. The summed E-state index contributed by atoms with van der Waals surface area (Å²) in [7, 11) is 1.59. The molecular formula is C9H10N2O2. The van der Waals surface area contributed by atoms with Crippen LogP contribution in [0.2, 0.25) is 0 Å². The van der Waals surface area contributed by atoms with Gasteiger partial charge in [-0.3, -0.25) is 9.36 Å². The van der Waals surface area contributed by atoms with Gasteiger partial charge in [0.25, 0.3) is 5.56 Å². The van der Waals surface area contributed by atoms with Crippen LogP contribution >= 0.6 is 0 Å². The second kappa shape index (κ2) is 3.76. The molecule has 13 heavy (non-hydrogen) atoms. The predicted octanol–water partition coefficient (Wildman–Crippen LogP) is -0.430. The van der Waals surface area contributed by atoms with Crippen LogP contribution < -0.4 is 11.2 Å². The molecular weight excluding hydrogens is 168 g/mol. The zero-order valence-electron chi connectivity index (χ0n) is 7.36. The Morgan fingerprint density at radius 3 is 2.85 bits per heavy atom. The molecule has 0 aromatic carbocycles. The minimum Gasteiger partial charge on any atom is -0.303 e. The molecule has 0 unspecified atom stereocenters. The van der Waals surface area contributed by atoms with Crippen molar-refractivity contribution in [3.8, 4) is 12.3 Å². The fourth-order valence-corrected chi connectivity index (χ4v) is 0.996. The highest BCUT2D eigenvalue weighted by Gasteiger charge is 2.00. The Hall–Kier alpha value is -1.76. The summed E-state index contributed by atoms with van der Waals surface area (Å²) < 4.78 is 2.47. The average Bonchev–Trinajstić information content (AvgIpc) is 2.12. The lowest BCUT2D eigenvalue weighted by Gasteiger charge is -2.03. The lowest BCUT2D eigenvalue weighted by Crippen LogP contribution is -2.37. The lowest BCUT2D eigenvalue weighted by molar-refractivity contribution is 0.601. The highest BCUT2D eigenvalue weighted by atomic mass is 16.2. The van der Waals surface area contributed by atoms with Crippen LogP contribution in [0.3, 0.4) is 0 Å². The van der Waals surface area contributed by atoms with Crippen LogP contribution in [0.5, 0.6) is 0 Å². The molecule has 0 aliphatic rings. The van der Waals surface area contributed by atoms with E-state index in [1.165, 1.54) is 16.8 Å². The van der Waals surface area contributed by atoms with Crippen molar-refractivity contribution in [2.75, 3.05) is 0 Å². The molecule has 0 fully saturated rings. The first-order valence-electron chi connectivity index (χ1n) is 3.86. The Morgan fingerprint density at radius 1 is 1.54 bits per heavy atom. The summed E-state index contributed by atoms with van der Waals surface area (Å²) in [5.41, 5.74) is -0.638. The maximum atomic E-state index is 11.4. The molecule has 0 aliphatic carbocycles. The molecule has 0 N–H and O–H groups in total. The molecule has 4 nitrogen and oxygen atoms in total. The van der Waals surface area contributed by atoms with Gasteiger partial charge in [0.15, 0.2) is 0 Å².